The van der Waals surface area contributed by atoms with E-state index in [1.807, 2.05) is 6.92 Å². The van der Waals surface area contributed by atoms with Crippen LogP contribution in [0.2, 0.25) is 0 Å². The number of furan rings is 1. The molecule has 0 saturated heterocycles. The number of nitrogens with zero attached hydrogens (tertiary/aromatic N) is 2. The highest BCUT2D eigenvalue weighted by atomic mass is 19.2. The number of fused-ring (bicyclic) bond motifs is 1. The second-order valence-corrected chi connectivity index (χ2v) is 10.8. The molecule has 0 unspecified atom stereocenters. The predicted octanol–water partition coefficient (Wildman–Crippen LogP) is 6.94. The Morgan fingerprint density at radius 2 is 1.51 bits per heavy atom. The molecule has 0 radical (unpaired) electrons. The van der Waals surface area contributed by atoms with E-state index in [0.717, 1.165) is 24.0 Å². The van der Waals surface area contributed by atoms with Crippen molar-refractivity contribution >= 4 is 11.6 Å². The van der Waals surface area contributed by atoms with E-state index in [0.29, 0.717) is 12.2 Å². The van der Waals surface area contributed by atoms with Crippen molar-refractivity contribution in [2.75, 3.05) is 5.32 Å². The summed E-state index contributed by atoms with van der Waals surface area (Å²) < 4.78 is 48.3. The van der Waals surface area contributed by atoms with Crippen LogP contribution in [0.5, 0.6) is 0 Å². The van der Waals surface area contributed by atoms with Crippen molar-refractivity contribution in [3.8, 4) is 12.1 Å². The molecule has 0 aliphatic heterocycles. The average Bonchev–Trinajstić information content (AvgIpc) is 3.31. The number of nitriles is 2. The summed E-state index contributed by atoms with van der Waals surface area (Å²) >= 11 is 0. The van der Waals surface area contributed by atoms with E-state index in [-0.39, 0.29) is 16.6 Å². The summed E-state index contributed by atoms with van der Waals surface area (Å²) in [4.78, 5) is 12.7. The SMILES string of the molecule is Cc1cc2c(cc1Cc1ccc(C(=O)Nc3c(F)c(C#N)c(F)c(F)c3C#N)o1)C(C)(C)CCC2(C)C. The van der Waals surface area contributed by atoms with Gasteiger partial charge in [0, 0.05) is 6.42 Å². The Hall–Kier alpha value is -4.04. The first-order valence-corrected chi connectivity index (χ1v) is 11.9. The van der Waals surface area contributed by atoms with Crippen molar-refractivity contribution in [1.29, 1.82) is 10.5 Å². The fraction of sp³-hybridized carbons (Fsp3) is 0.345. The maximum Gasteiger partial charge on any atom is 0.291 e. The lowest BCUT2D eigenvalue weighted by molar-refractivity contribution is 0.0994. The fourth-order valence-electron chi connectivity index (χ4n) is 4.90. The standard InChI is InChI=1S/C29H26F3N3O2/c1-15-10-20-21(29(4,5)9-8-28(20,2)3)12-16(15)11-17-6-7-22(37-17)27(36)35-26-19(14-34)24(31)23(30)18(13-33)25(26)32/h6-7,10,12H,8-9,11H2,1-5H3,(H,35,36). The quantitative estimate of drug-likeness (QED) is 0.389. The van der Waals surface area contributed by atoms with E-state index in [1.165, 1.54) is 29.3 Å². The van der Waals surface area contributed by atoms with E-state index in [2.05, 4.69) is 45.1 Å². The minimum atomic E-state index is -1.79. The zero-order chi connectivity index (χ0) is 27.3. The zero-order valence-electron chi connectivity index (χ0n) is 21.3. The Labute approximate surface area is 213 Å². The first-order valence-electron chi connectivity index (χ1n) is 11.9. The van der Waals surface area contributed by atoms with Crippen molar-refractivity contribution in [2.45, 2.75) is 64.7 Å². The van der Waals surface area contributed by atoms with Crippen molar-refractivity contribution in [2.24, 2.45) is 0 Å². The summed E-state index contributed by atoms with van der Waals surface area (Å²) in [5.41, 5.74) is 1.66. The van der Waals surface area contributed by atoms with Crippen LogP contribution in [0.4, 0.5) is 18.9 Å². The lowest BCUT2D eigenvalue weighted by Crippen LogP contribution is -2.34. The van der Waals surface area contributed by atoms with Gasteiger partial charge in [-0.2, -0.15) is 10.5 Å². The maximum atomic E-state index is 14.6. The highest BCUT2D eigenvalue weighted by molar-refractivity contribution is 6.03. The second-order valence-electron chi connectivity index (χ2n) is 10.8. The van der Waals surface area contributed by atoms with Gasteiger partial charge in [-0.3, -0.25) is 4.79 Å². The van der Waals surface area contributed by atoms with Crippen molar-refractivity contribution in [3.05, 3.63) is 86.6 Å². The molecule has 0 fully saturated rings. The molecule has 4 rings (SSSR count). The van der Waals surface area contributed by atoms with Crippen molar-refractivity contribution in [1.82, 2.24) is 0 Å². The van der Waals surface area contributed by atoms with Gasteiger partial charge < -0.3 is 9.73 Å². The molecule has 0 bridgehead atoms. The maximum absolute atomic E-state index is 14.6. The molecular formula is C29H26F3N3O2. The number of halogens is 3. The molecule has 1 aliphatic carbocycles. The first-order chi connectivity index (χ1) is 17.3. The Bertz CT molecular complexity index is 1520. The lowest BCUT2D eigenvalue weighted by Gasteiger charge is -2.42. The molecule has 0 saturated carbocycles. The third-order valence-corrected chi connectivity index (χ3v) is 7.34. The van der Waals surface area contributed by atoms with Gasteiger partial charge in [-0.15, -0.1) is 0 Å². The molecule has 8 heteroatoms. The smallest absolute Gasteiger partial charge is 0.291 e. The molecule has 190 valence electrons. The molecule has 2 aromatic carbocycles. The second kappa shape index (κ2) is 9.12. The normalized spacial score (nSPS) is 15.4. The van der Waals surface area contributed by atoms with Crippen LogP contribution in [0, 0.1) is 47.0 Å². The van der Waals surface area contributed by atoms with Crippen LogP contribution in [0.15, 0.2) is 28.7 Å². The van der Waals surface area contributed by atoms with Gasteiger partial charge in [0.2, 0.25) is 0 Å². The van der Waals surface area contributed by atoms with Gasteiger partial charge in [0.1, 0.15) is 29.0 Å². The third-order valence-electron chi connectivity index (χ3n) is 7.34. The number of anilines is 1. The van der Waals surface area contributed by atoms with E-state index in [1.54, 1.807) is 6.07 Å². The number of rotatable bonds is 4. The van der Waals surface area contributed by atoms with Crippen LogP contribution >= 0.6 is 0 Å². The van der Waals surface area contributed by atoms with Gasteiger partial charge in [0.05, 0.1) is 5.69 Å². The molecule has 1 aromatic heterocycles. The number of hydrogen-bond donors (Lipinski definition) is 1. The molecule has 1 heterocycles. The Kier molecular flexibility index (Phi) is 6.42. The van der Waals surface area contributed by atoms with Crippen LogP contribution in [-0.4, -0.2) is 5.91 Å². The Morgan fingerprint density at radius 3 is 2.11 bits per heavy atom. The average molecular weight is 506 g/mol. The minimum Gasteiger partial charge on any atom is -0.456 e. The van der Waals surface area contributed by atoms with Gasteiger partial charge in [-0.1, -0.05) is 39.8 Å². The summed E-state index contributed by atoms with van der Waals surface area (Å²) in [5.74, 6) is -5.75. The van der Waals surface area contributed by atoms with Crippen LogP contribution in [0.25, 0.3) is 0 Å². The highest BCUT2D eigenvalue weighted by Crippen LogP contribution is 2.46. The number of hydrogen-bond acceptors (Lipinski definition) is 4. The molecule has 1 N–H and O–H groups in total. The molecule has 1 aliphatic rings. The molecule has 0 atom stereocenters. The van der Waals surface area contributed by atoms with Crippen molar-refractivity contribution in [3.63, 3.8) is 0 Å². The van der Waals surface area contributed by atoms with E-state index in [9.17, 15) is 18.0 Å². The van der Waals surface area contributed by atoms with Crippen LogP contribution in [0.1, 0.15) is 90.2 Å². The monoisotopic (exact) mass is 505 g/mol. The fourth-order valence-corrected chi connectivity index (χ4v) is 4.90. The van der Waals surface area contributed by atoms with Crippen molar-refractivity contribution < 1.29 is 22.4 Å². The number of amides is 1. The lowest BCUT2D eigenvalue weighted by atomic mass is 9.62. The van der Waals surface area contributed by atoms with E-state index < -0.39 is 40.2 Å². The molecule has 5 nitrogen and oxygen atoms in total. The number of benzene rings is 2. The molecule has 37 heavy (non-hydrogen) atoms. The van der Waals surface area contributed by atoms with E-state index >= 15 is 0 Å². The van der Waals surface area contributed by atoms with Crippen LogP contribution < -0.4 is 5.32 Å². The molecule has 0 spiro atoms. The van der Waals surface area contributed by atoms with Gasteiger partial charge >= 0.3 is 0 Å². The van der Waals surface area contributed by atoms with Gasteiger partial charge in [-0.05, 0) is 65.0 Å². The number of aryl methyl sites for hydroxylation is 1. The molecule has 1 amide bonds. The first kappa shape index (κ1) is 26.0. The van der Waals surface area contributed by atoms with Gasteiger partial charge in [0.15, 0.2) is 23.2 Å². The number of carbonyl (C=O) groups excluding carboxylic acids is 1. The number of nitrogens with one attached hydrogen (secondary N) is 1. The van der Waals surface area contributed by atoms with Crippen LogP contribution in [0.3, 0.4) is 0 Å². The zero-order valence-corrected chi connectivity index (χ0v) is 21.3. The molecule has 3 aromatic rings. The topological polar surface area (TPSA) is 89.8 Å². The number of carbonyl (C=O) groups is 1. The summed E-state index contributed by atoms with van der Waals surface area (Å²) in [5, 5.41) is 20.2. The highest BCUT2D eigenvalue weighted by Gasteiger charge is 2.37. The summed E-state index contributed by atoms with van der Waals surface area (Å²) in [6, 6.07) is 9.94. The minimum absolute atomic E-state index is 0.0246. The summed E-state index contributed by atoms with van der Waals surface area (Å²) in [6.45, 7) is 11.0. The summed E-state index contributed by atoms with van der Waals surface area (Å²) in [6.07, 6.45) is 2.58. The van der Waals surface area contributed by atoms with Crippen LogP contribution in [-0.2, 0) is 17.3 Å². The van der Waals surface area contributed by atoms with E-state index in [4.69, 9.17) is 14.9 Å². The Balaban J connectivity index is 1.63. The molecular weight excluding hydrogens is 479 g/mol. The Morgan fingerprint density at radius 1 is 0.946 bits per heavy atom. The van der Waals surface area contributed by atoms with Gasteiger partial charge in [-0.25, -0.2) is 13.2 Å². The predicted molar refractivity (Wildman–Crippen MR) is 132 cm³/mol. The third kappa shape index (κ3) is 4.49. The largest absolute Gasteiger partial charge is 0.456 e. The van der Waals surface area contributed by atoms with Gasteiger partial charge in [0.25, 0.3) is 5.91 Å². The summed E-state index contributed by atoms with van der Waals surface area (Å²) in [7, 11) is 0.